The van der Waals surface area contributed by atoms with Gasteiger partial charge >= 0.3 is 0 Å². The molecule has 1 atom stereocenters. The van der Waals surface area contributed by atoms with E-state index in [0.29, 0.717) is 0 Å². The van der Waals surface area contributed by atoms with Crippen LogP contribution in [0.5, 0.6) is 0 Å². The van der Waals surface area contributed by atoms with Gasteiger partial charge in [0.05, 0.1) is 0 Å². The van der Waals surface area contributed by atoms with Crippen molar-refractivity contribution in [2.24, 2.45) is 0 Å². The largest absolute Gasteiger partial charge is 0.320 e. The smallest absolute Gasteiger partial charge is 0.0105 e. The third-order valence-electron chi connectivity index (χ3n) is 2.40. The van der Waals surface area contributed by atoms with Gasteiger partial charge in [-0.1, -0.05) is 27.7 Å². The lowest BCUT2D eigenvalue weighted by Crippen LogP contribution is -2.27. The molecular formula is C12H30N2. The van der Waals surface area contributed by atoms with E-state index in [2.05, 4.69) is 17.3 Å². The fourth-order valence-electron chi connectivity index (χ4n) is 1.65. The van der Waals surface area contributed by atoms with Crippen LogP contribution in [0, 0.1) is 0 Å². The van der Waals surface area contributed by atoms with Crippen molar-refractivity contribution in [3.63, 3.8) is 0 Å². The number of nitrogens with one attached hydrogen (secondary N) is 1. The van der Waals surface area contributed by atoms with Crippen LogP contribution in [-0.2, 0) is 0 Å². The monoisotopic (exact) mass is 202 g/mol. The molecule has 1 aliphatic heterocycles. The minimum absolute atomic E-state index is 0.854. The van der Waals surface area contributed by atoms with Crippen LogP contribution >= 0.6 is 0 Å². The number of rotatable bonds is 3. The molecule has 14 heavy (non-hydrogen) atoms. The zero-order chi connectivity index (χ0) is 11.4. The van der Waals surface area contributed by atoms with Crippen molar-refractivity contribution in [1.82, 2.24) is 10.2 Å². The van der Waals surface area contributed by atoms with E-state index >= 15 is 0 Å². The van der Waals surface area contributed by atoms with Crippen molar-refractivity contribution < 1.29 is 0 Å². The fraction of sp³-hybridized carbons (Fsp3) is 1.00. The van der Waals surface area contributed by atoms with Gasteiger partial charge in [0.15, 0.2) is 0 Å². The quantitative estimate of drug-likeness (QED) is 0.757. The topological polar surface area (TPSA) is 15.3 Å². The van der Waals surface area contributed by atoms with Crippen LogP contribution < -0.4 is 5.32 Å². The van der Waals surface area contributed by atoms with Crippen LogP contribution in [0.1, 0.15) is 47.0 Å². The first-order valence-electron chi connectivity index (χ1n) is 6.19. The average Bonchev–Trinajstić information content (AvgIpc) is 2.67. The lowest BCUT2D eigenvalue weighted by atomic mass is 10.1. The van der Waals surface area contributed by atoms with Gasteiger partial charge in [-0.05, 0) is 46.4 Å². The molecule has 0 saturated carbocycles. The van der Waals surface area contributed by atoms with Gasteiger partial charge < -0.3 is 10.2 Å². The summed E-state index contributed by atoms with van der Waals surface area (Å²) in [6.45, 7) is 10.5. The second-order valence-corrected chi connectivity index (χ2v) is 3.17. The van der Waals surface area contributed by atoms with Crippen molar-refractivity contribution in [1.29, 1.82) is 0 Å². The molecule has 0 aromatic carbocycles. The summed E-state index contributed by atoms with van der Waals surface area (Å²) in [5, 5.41) is 3.19. The Morgan fingerprint density at radius 2 is 1.79 bits per heavy atom. The highest BCUT2D eigenvalue weighted by Crippen LogP contribution is 2.16. The first kappa shape index (κ1) is 16.4. The van der Waals surface area contributed by atoms with Crippen molar-refractivity contribution in [3.8, 4) is 0 Å². The van der Waals surface area contributed by atoms with Crippen LogP contribution in [0.25, 0.3) is 0 Å². The standard InChI is InChI=1S/C8H18N2.2C2H6/c1-9-6-5-8-4-3-7-10(8)2;2*1-2/h8-9H,3-7H2,1-2H3;2*1-2H3. The van der Waals surface area contributed by atoms with Gasteiger partial charge in [-0.25, -0.2) is 0 Å². The lowest BCUT2D eigenvalue weighted by Gasteiger charge is -2.18. The summed E-state index contributed by atoms with van der Waals surface area (Å²) in [5.74, 6) is 0. The van der Waals surface area contributed by atoms with Crippen molar-refractivity contribution >= 4 is 0 Å². The summed E-state index contributed by atoms with van der Waals surface area (Å²) in [6, 6.07) is 0.854. The van der Waals surface area contributed by atoms with Crippen molar-refractivity contribution in [2.45, 2.75) is 53.0 Å². The van der Waals surface area contributed by atoms with E-state index in [9.17, 15) is 0 Å². The molecule has 88 valence electrons. The van der Waals surface area contributed by atoms with Gasteiger partial charge in [0.25, 0.3) is 0 Å². The van der Waals surface area contributed by atoms with Crippen LogP contribution in [0.4, 0.5) is 0 Å². The minimum atomic E-state index is 0.854. The molecule has 1 unspecified atom stereocenters. The van der Waals surface area contributed by atoms with Gasteiger partial charge in [0, 0.05) is 6.04 Å². The Kier molecular flexibility index (Phi) is 15.1. The van der Waals surface area contributed by atoms with Crippen LogP contribution in [0.15, 0.2) is 0 Å². The summed E-state index contributed by atoms with van der Waals surface area (Å²) in [5.41, 5.74) is 0. The summed E-state index contributed by atoms with van der Waals surface area (Å²) in [4.78, 5) is 2.47. The number of nitrogens with zero attached hydrogens (tertiary/aromatic N) is 1. The molecule has 1 heterocycles. The average molecular weight is 202 g/mol. The predicted octanol–water partition coefficient (Wildman–Crippen LogP) is 2.74. The molecule has 0 aromatic heterocycles. The van der Waals surface area contributed by atoms with E-state index in [4.69, 9.17) is 0 Å². The fourth-order valence-corrected chi connectivity index (χ4v) is 1.65. The zero-order valence-electron chi connectivity index (χ0n) is 11.1. The molecule has 2 heteroatoms. The number of hydrogen-bond acceptors (Lipinski definition) is 2. The summed E-state index contributed by atoms with van der Waals surface area (Å²) in [7, 11) is 4.25. The Morgan fingerprint density at radius 3 is 2.14 bits per heavy atom. The minimum Gasteiger partial charge on any atom is -0.320 e. The van der Waals surface area contributed by atoms with Gasteiger partial charge in [-0.3, -0.25) is 0 Å². The number of hydrogen-bond donors (Lipinski definition) is 1. The predicted molar refractivity (Wildman–Crippen MR) is 66.9 cm³/mol. The molecule has 0 radical (unpaired) electrons. The van der Waals surface area contributed by atoms with Gasteiger partial charge in [-0.2, -0.15) is 0 Å². The highest BCUT2D eigenvalue weighted by Gasteiger charge is 2.19. The molecule has 0 aliphatic carbocycles. The van der Waals surface area contributed by atoms with Crippen LogP contribution in [-0.4, -0.2) is 38.1 Å². The Labute approximate surface area is 91.1 Å². The zero-order valence-corrected chi connectivity index (χ0v) is 11.1. The first-order chi connectivity index (χ1) is 6.84. The van der Waals surface area contributed by atoms with Gasteiger partial charge in [-0.15, -0.1) is 0 Å². The molecule has 2 nitrogen and oxygen atoms in total. The molecular weight excluding hydrogens is 172 g/mol. The molecule has 0 aromatic rings. The molecule has 0 bridgehead atoms. The maximum Gasteiger partial charge on any atom is 0.0105 e. The SMILES string of the molecule is CC.CC.CNCCC1CCCN1C. The lowest BCUT2D eigenvalue weighted by molar-refractivity contribution is 0.295. The Morgan fingerprint density at radius 1 is 1.21 bits per heavy atom. The Bertz CT molecular complexity index is 94.3. The van der Waals surface area contributed by atoms with Crippen LogP contribution in [0.2, 0.25) is 0 Å². The van der Waals surface area contributed by atoms with E-state index in [1.807, 2.05) is 34.7 Å². The first-order valence-corrected chi connectivity index (χ1v) is 6.19. The van der Waals surface area contributed by atoms with E-state index in [1.54, 1.807) is 0 Å². The van der Waals surface area contributed by atoms with Crippen molar-refractivity contribution in [2.75, 3.05) is 27.2 Å². The second-order valence-electron chi connectivity index (χ2n) is 3.17. The highest BCUT2D eigenvalue weighted by molar-refractivity contribution is 4.76. The van der Waals surface area contributed by atoms with E-state index in [1.165, 1.54) is 25.8 Å². The normalized spacial score (nSPS) is 20.6. The maximum absolute atomic E-state index is 3.19. The molecule has 0 amide bonds. The Hall–Kier alpha value is -0.0800. The molecule has 0 spiro atoms. The number of likely N-dealkylation sites (tertiary alicyclic amines) is 1. The van der Waals surface area contributed by atoms with Gasteiger partial charge in [0.1, 0.15) is 0 Å². The van der Waals surface area contributed by atoms with Gasteiger partial charge in [0.2, 0.25) is 0 Å². The highest BCUT2D eigenvalue weighted by atomic mass is 15.1. The third kappa shape index (κ3) is 7.34. The summed E-state index contributed by atoms with van der Waals surface area (Å²) < 4.78 is 0. The molecule has 1 aliphatic rings. The maximum atomic E-state index is 3.19. The second kappa shape index (κ2) is 12.9. The molecule has 1 fully saturated rings. The third-order valence-corrected chi connectivity index (χ3v) is 2.40. The van der Waals surface area contributed by atoms with Crippen LogP contribution in [0.3, 0.4) is 0 Å². The van der Waals surface area contributed by atoms with E-state index < -0.39 is 0 Å². The molecule has 1 N–H and O–H groups in total. The van der Waals surface area contributed by atoms with E-state index in [0.717, 1.165) is 12.6 Å². The molecule has 1 saturated heterocycles. The summed E-state index contributed by atoms with van der Waals surface area (Å²) >= 11 is 0. The summed E-state index contributed by atoms with van der Waals surface area (Å²) in [6.07, 6.45) is 4.11. The molecule has 1 rings (SSSR count). The van der Waals surface area contributed by atoms with Crippen molar-refractivity contribution in [3.05, 3.63) is 0 Å². The Balaban J connectivity index is 0. The van der Waals surface area contributed by atoms with E-state index in [-0.39, 0.29) is 0 Å².